The summed E-state index contributed by atoms with van der Waals surface area (Å²) < 4.78 is 31.8. The fourth-order valence-electron chi connectivity index (χ4n) is 7.22. The maximum Gasteiger partial charge on any atom is 0.293 e. The molecule has 1 fully saturated rings. The van der Waals surface area contributed by atoms with Crippen LogP contribution in [0.3, 0.4) is 0 Å². The summed E-state index contributed by atoms with van der Waals surface area (Å²) in [4.78, 5) is 19.4. The average Bonchev–Trinajstić information content (AvgIpc) is 3.64. The molecule has 6 aromatic rings. The summed E-state index contributed by atoms with van der Waals surface area (Å²) in [5.74, 6) is 0.679. The lowest BCUT2D eigenvalue weighted by Gasteiger charge is -2.37. The Morgan fingerprint density at radius 1 is 0.797 bits per heavy atom. The van der Waals surface area contributed by atoms with Gasteiger partial charge in [0.05, 0.1) is 9.82 Å². The van der Waals surface area contributed by atoms with Crippen LogP contribution in [0.15, 0.2) is 144 Å². The van der Waals surface area contributed by atoms with Crippen LogP contribution in [0, 0.1) is 10.1 Å². The van der Waals surface area contributed by atoms with Gasteiger partial charge in [0.15, 0.2) is 0 Å². The fraction of sp³-hybridized carbons (Fsp3) is 0.244. The van der Waals surface area contributed by atoms with Crippen molar-refractivity contribution in [2.45, 2.75) is 22.3 Å². The molecule has 1 aromatic heterocycles. The molecule has 0 saturated carbocycles. The minimum Gasteiger partial charge on any atom is -0.376 e. The first-order valence-electron chi connectivity index (χ1n) is 19.4. The van der Waals surface area contributed by atoms with Crippen molar-refractivity contribution >= 4 is 61.8 Å². The summed E-state index contributed by atoms with van der Waals surface area (Å²) in [5.41, 5.74) is 7.07. The van der Waals surface area contributed by atoms with Gasteiger partial charge in [-0.25, -0.2) is 8.42 Å². The molecule has 0 aliphatic carbocycles. The van der Waals surface area contributed by atoms with E-state index >= 15 is 0 Å². The molecule has 7 rings (SSSR count). The molecular weight excluding hydrogens is 802 g/mol. The van der Waals surface area contributed by atoms with Gasteiger partial charge in [-0.1, -0.05) is 54.1 Å². The number of anilines is 4. The quantitative estimate of drug-likeness (QED) is 0.0558. The monoisotopic (exact) mass is 849 g/mol. The van der Waals surface area contributed by atoms with E-state index in [1.165, 1.54) is 12.1 Å². The normalized spacial score (nSPS) is 13.7. The zero-order valence-corrected chi connectivity index (χ0v) is 35.7. The Balaban J connectivity index is 0.979. The first-order valence-corrected chi connectivity index (χ1v) is 22.3. The van der Waals surface area contributed by atoms with Crippen LogP contribution in [-0.2, 0) is 17.1 Å². The minimum absolute atomic E-state index is 0.0935. The lowest BCUT2D eigenvalue weighted by molar-refractivity contribution is -0.384. The smallest absolute Gasteiger partial charge is 0.293 e. The van der Waals surface area contributed by atoms with Crippen molar-refractivity contribution in [2.75, 3.05) is 72.4 Å². The Hall–Kier alpha value is -5.47. The molecule has 2 heterocycles. The number of benzene rings is 5. The van der Waals surface area contributed by atoms with Crippen LogP contribution in [0.4, 0.5) is 28.4 Å². The third-order valence-electron chi connectivity index (χ3n) is 10.4. The van der Waals surface area contributed by atoms with Gasteiger partial charge in [-0.3, -0.25) is 14.8 Å². The molecule has 59 heavy (non-hydrogen) atoms. The zero-order chi connectivity index (χ0) is 41.5. The van der Waals surface area contributed by atoms with Gasteiger partial charge in [0.25, 0.3) is 15.7 Å². The number of nitro groups is 1. The number of nitrogens with zero attached hydrogens (tertiary/aromatic N) is 5. The summed E-state index contributed by atoms with van der Waals surface area (Å²) in [6.45, 7) is 4.01. The highest BCUT2D eigenvalue weighted by Gasteiger charge is 2.24. The Bertz CT molecular complexity index is 2470. The second kappa shape index (κ2) is 18.6. The molecule has 5 aromatic carbocycles. The number of piperazine rings is 1. The van der Waals surface area contributed by atoms with Gasteiger partial charge in [0, 0.05) is 102 Å². The van der Waals surface area contributed by atoms with E-state index in [-0.39, 0.29) is 22.3 Å². The Kier molecular flexibility index (Phi) is 13.2. The Morgan fingerprint density at radius 2 is 1.46 bits per heavy atom. The number of hydrogen-bond acceptors (Lipinski definition) is 9. The number of aryl methyl sites for hydroxylation is 1. The lowest BCUT2D eigenvalue weighted by Crippen LogP contribution is -2.46. The molecule has 1 aliphatic rings. The highest BCUT2D eigenvalue weighted by Crippen LogP contribution is 2.36. The van der Waals surface area contributed by atoms with E-state index < -0.39 is 14.9 Å². The summed E-state index contributed by atoms with van der Waals surface area (Å²) in [5, 5.41) is 16.3. The van der Waals surface area contributed by atoms with E-state index in [2.05, 4.69) is 66.0 Å². The number of sulfonamides is 1. The predicted molar refractivity (Wildman–Crippen MR) is 244 cm³/mol. The van der Waals surface area contributed by atoms with E-state index in [1.807, 2.05) is 87.9 Å². The van der Waals surface area contributed by atoms with E-state index in [0.29, 0.717) is 16.5 Å². The van der Waals surface area contributed by atoms with Crippen LogP contribution in [0.5, 0.6) is 0 Å². The highest BCUT2D eigenvalue weighted by atomic mass is 35.5. The predicted octanol–water partition coefficient (Wildman–Crippen LogP) is 9.57. The number of nitro benzene ring substituents is 1. The molecule has 0 spiro atoms. The molecule has 1 saturated heterocycles. The summed E-state index contributed by atoms with van der Waals surface area (Å²) in [7, 11) is 1.88. The van der Waals surface area contributed by atoms with Crippen LogP contribution in [0.1, 0.15) is 6.42 Å². The van der Waals surface area contributed by atoms with E-state index in [9.17, 15) is 18.5 Å². The third kappa shape index (κ3) is 10.6. The lowest BCUT2D eigenvalue weighted by atomic mass is 9.98. The fourth-order valence-corrected chi connectivity index (χ4v) is 9.41. The molecule has 306 valence electrons. The molecule has 14 heteroatoms. The van der Waals surface area contributed by atoms with Crippen molar-refractivity contribution in [3.05, 3.63) is 149 Å². The van der Waals surface area contributed by atoms with Crippen molar-refractivity contribution in [1.29, 1.82) is 0 Å². The highest BCUT2D eigenvalue weighted by molar-refractivity contribution is 7.99. The SMILES string of the molecule is CN(C)CCC(CSc1ccccc1)Nc1ccc(S(=O)(=O)Nc2ccc(N3CCN(c4cccc(-c5cn(C)cc5-c5ccc(Cl)cc5)c4)CC3)cc2)cc1[N+](=O)[O-]. The number of thioether (sulfide) groups is 1. The maximum absolute atomic E-state index is 13.5. The first kappa shape index (κ1) is 41.7. The Labute approximate surface area is 355 Å². The van der Waals surface area contributed by atoms with Crippen LogP contribution >= 0.6 is 23.4 Å². The van der Waals surface area contributed by atoms with E-state index in [1.54, 1.807) is 23.9 Å². The molecule has 11 nitrogen and oxygen atoms in total. The minimum atomic E-state index is -4.12. The zero-order valence-electron chi connectivity index (χ0n) is 33.3. The van der Waals surface area contributed by atoms with E-state index in [0.717, 1.165) is 83.7 Å². The van der Waals surface area contributed by atoms with Crippen molar-refractivity contribution in [3.63, 3.8) is 0 Å². The molecule has 1 unspecified atom stereocenters. The van der Waals surface area contributed by atoms with Crippen LogP contribution in [0.2, 0.25) is 5.02 Å². The van der Waals surface area contributed by atoms with Gasteiger partial charge in [-0.15, -0.1) is 11.8 Å². The second-order valence-corrected chi connectivity index (χ2v) is 18.1. The van der Waals surface area contributed by atoms with Crippen molar-refractivity contribution < 1.29 is 13.3 Å². The van der Waals surface area contributed by atoms with Gasteiger partial charge in [0.1, 0.15) is 5.69 Å². The van der Waals surface area contributed by atoms with Gasteiger partial charge >= 0.3 is 0 Å². The number of aromatic nitrogens is 1. The Morgan fingerprint density at radius 3 is 2.12 bits per heavy atom. The topological polar surface area (TPSA) is 116 Å². The molecule has 0 amide bonds. The molecule has 1 aliphatic heterocycles. The molecule has 0 bridgehead atoms. The summed E-state index contributed by atoms with van der Waals surface area (Å²) >= 11 is 7.83. The van der Waals surface area contributed by atoms with Crippen LogP contribution in [0.25, 0.3) is 22.3 Å². The van der Waals surface area contributed by atoms with Gasteiger partial charge in [-0.05, 0) is 111 Å². The third-order valence-corrected chi connectivity index (χ3v) is 13.2. The standard InChI is InChI=1S/C45H48ClN7O4S2/c1-49(2)23-22-37(32-58-40-10-5-4-6-11-40)47-44-21-20-41(29-45(44)53(54)55)59(56,57)48-36-16-18-38(19-17-36)51-24-26-52(27-25-51)39-9-7-8-34(28-39)43-31-50(3)30-42(43)33-12-14-35(46)15-13-33/h4-21,28-31,37,47-48H,22-27,32H2,1-3H3. The van der Waals surface area contributed by atoms with Crippen molar-refractivity contribution in [2.24, 2.45) is 7.05 Å². The van der Waals surface area contributed by atoms with E-state index in [4.69, 9.17) is 11.6 Å². The number of rotatable bonds is 16. The van der Waals surface area contributed by atoms with Gasteiger partial charge in [-0.2, -0.15) is 0 Å². The summed E-state index contributed by atoms with van der Waals surface area (Å²) in [6.07, 6.45) is 5.03. The van der Waals surface area contributed by atoms with Crippen molar-refractivity contribution in [1.82, 2.24) is 9.47 Å². The first-order chi connectivity index (χ1) is 28.4. The van der Waals surface area contributed by atoms with Gasteiger partial charge in [0.2, 0.25) is 0 Å². The summed E-state index contributed by atoms with van der Waals surface area (Å²) in [6, 6.07) is 37.8. The molecule has 0 radical (unpaired) electrons. The van der Waals surface area contributed by atoms with Crippen LogP contribution in [-0.4, -0.2) is 81.4 Å². The number of hydrogen-bond donors (Lipinski definition) is 2. The van der Waals surface area contributed by atoms with Crippen molar-refractivity contribution in [3.8, 4) is 22.3 Å². The average molecular weight is 851 g/mol. The molecule has 2 N–H and O–H groups in total. The number of nitrogens with one attached hydrogen (secondary N) is 2. The molecular formula is C45H48ClN7O4S2. The largest absolute Gasteiger partial charge is 0.376 e. The molecule has 1 atom stereocenters. The number of halogens is 1. The second-order valence-electron chi connectivity index (χ2n) is 14.9. The van der Waals surface area contributed by atoms with Gasteiger partial charge < -0.3 is 24.6 Å². The maximum atomic E-state index is 13.5. The van der Waals surface area contributed by atoms with Crippen LogP contribution < -0.4 is 19.8 Å².